The van der Waals surface area contributed by atoms with Gasteiger partial charge in [0.15, 0.2) is 0 Å². The Morgan fingerprint density at radius 2 is 2.21 bits per heavy atom. The third-order valence-electron chi connectivity index (χ3n) is 2.90. The van der Waals surface area contributed by atoms with Crippen molar-refractivity contribution in [3.63, 3.8) is 0 Å². The number of rotatable bonds is 4. The number of nitrogens with one attached hydrogen (secondary N) is 1. The number of sulfonamides is 1. The molecule has 106 valence electrons. The van der Waals surface area contributed by atoms with Gasteiger partial charge < -0.3 is 5.73 Å². The SMILES string of the molecule is Cc1cccc(N)c1S(=O)(=O)NCC1CSCCS1. The summed E-state index contributed by atoms with van der Waals surface area (Å²) in [6, 6.07) is 5.14. The largest absolute Gasteiger partial charge is 0.398 e. The maximum atomic E-state index is 12.3. The molecule has 1 saturated heterocycles. The number of hydrogen-bond acceptors (Lipinski definition) is 5. The molecule has 0 radical (unpaired) electrons. The van der Waals surface area contributed by atoms with Crippen molar-refractivity contribution in [2.24, 2.45) is 0 Å². The molecule has 4 nitrogen and oxygen atoms in total. The molecule has 3 N–H and O–H groups in total. The van der Waals surface area contributed by atoms with Crippen LogP contribution < -0.4 is 10.5 Å². The van der Waals surface area contributed by atoms with Crippen LogP contribution in [0, 0.1) is 6.92 Å². The van der Waals surface area contributed by atoms with Crippen LogP contribution in [0.25, 0.3) is 0 Å². The summed E-state index contributed by atoms with van der Waals surface area (Å²) in [5, 5.41) is 0.346. The zero-order valence-electron chi connectivity index (χ0n) is 10.8. The van der Waals surface area contributed by atoms with E-state index in [-0.39, 0.29) is 4.90 Å². The van der Waals surface area contributed by atoms with Crippen molar-refractivity contribution < 1.29 is 8.42 Å². The molecule has 0 amide bonds. The Kier molecular flexibility index (Phi) is 5.05. The highest BCUT2D eigenvalue weighted by Crippen LogP contribution is 2.25. The number of aryl methyl sites for hydroxylation is 1. The molecule has 0 aliphatic carbocycles. The van der Waals surface area contributed by atoms with Crippen LogP contribution in [0.5, 0.6) is 0 Å². The molecule has 1 aromatic carbocycles. The molecule has 1 aliphatic rings. The highest BCUT2D eigenvalue weighted by Gasteiger charge is 2.22. The molecular weight excluding hydrogens is 300 g/mol. The van der Waals surface area contributed by atoms with Crippen LogP contribution in [0.4, 0.5) is 5.69 Å². The molecule has 19 heavy (non-hydrogen) atoms. The normalized spacial score (nSPS) is 20.4. The minimum Gasteiger partial charge on any atom is -0.398 e. The first-order valence-electron chi connectivity index (χ1n) is 6.05. The maximum absolute atomic E-state index is 12.3. The summed E-state index contributed by atoms with van der Waals surface area (Å²) in [6.45, 7) is 2.23. The van der Waals surface area contributed by atoms with Gasteiger partial charge in [-0.3, -0.25) is 0 Å². The molecule has 1 aromatic rings. The zero-order valence-corrected chi connectivity index (χ0v) is 13.2. The molecule has 1 aliphatic heterocycles. The summed E-state index contributed by atoms with van der Waals surface area (Å²) in [5.41, 5.74) is 6.77. The van der Waals surface area contributed by atoms with E-state index in [0.29, 0.717) is 23.0 Å². The number of nitrogens with two attached hydrogens (primary N) is 1. The minimum absolute atomic E-state index is 0.212. The second kappa shape index (κ2) is 6.39. The lowest BCUT2D eigenvalue weighted by molar-refractivity contribution is 0.581. The van der Waals surface area contributed by atoms with E-state index in [1.54, 1.807) is 25.1 Å². The molecule has 1 unspecified atom stereocenters. The van der Waals surface area contributed by atoms with Crippen LogP contribution in [-0.2, 0) is 10.0 Å². The standard InChI is InChI=1S/C12H18N2O2S3/c1-9-3-2-4-11(13)12(9)19(15,16)14-7-10-8-17-5-6-18-10/h2-4,10,14H,5-8,13H2,1H3. The quantitative estimate of drug-likeness (QED) is 0.827. The van der Waals surface area contributed by atoms with Gasteiger partial charge in [-0.25, -0.2) is 13.1 Å². The van der Waals surface area contributed by atoms with Crippen LogP contribution in [-0.4, -0.2) is 37.5 Å². The predicted octanol–water partition coefficient (Wildman–Crippen LogP) is 1.70. The van der Waals surface area contributed by atoms with Crippen molar-refractivity contribution >= 4 is 39.2 Å². The van der Waals surface area contributed by atoms with Gasteiger partial charge in [0.1, 0.15) is 4.90 Å². The van der Waals surface area contributed by atoms with E-state index in [0.717, 1.165) is 17.3 Å². The lowest BCUT2D eigenvalue weighted by Gasteiger charge is -2.21. The number of anilines is 1. The molecule has 1 heterocycles. The van der Waals surface area contributed by atoms with Gasteiger partial charge in [0.2, 0.25) is 10.0 Å². The number of thioether (sulfide) groups is 2. The summed E-state index contributed by atoms with van der Waals surface area (Å²) < 4.78 is 27.3. The van der Waals surface area contributed by atoms with Gasteiger partial charge in [0.05, 0.1) is 5.69 Å². The molecule has 1 fully saturated rings. The zero-order chi connectivity index (χ0) is 13.9. The van der Waals surface area contributed by atoms with Gasteiger partial charge >= 0.3 is 0 Å². The molecule has 1 atom stereocenters. The topological polar surface area (TPSA) is 72.2 Å². The molecular formula is C12H18N2O2S3. The van der Waals surface area contributed by atoms with Crippen LogP contribution in [0.2, 0.25) is 0 Å². The lowest BCUT2D eigenvalue weighted by atomic mass is 10.2. The molecule has 2 rings (SSSR count). The monoisotopic (exact) mass is 318 g/mol. The second-order valence-corrected chi connectivity index (χ2v) is 8.67. The first kappa shape index (κ1) is 15.0. The van der Waals surface area contributed by atoms with E-state index >= 15 is 0 Å². The van der Waals surface area contributed by atoms with E-state index < -0.39 is 10.0 Å². The Labute approximate surface area is 123 Å². The average molecular weight is 318 g/mol. The Morgan fingerprint density at radius 1 is 1.42 bits per heavy atom. The van der Waals surface area contributed by atoms with E-state index in [9.17, 15) is 8.42 Å². The van der Waals surface area contributed by atoms with E-state index in [1.807, 2.05) is 23.5 Å². The summed E-state index contributed by atoms with van der Waals surface area (Å²) in [6.07, 6.45) is 0. The lowest BCUT2D eigenvalue weighted by Crippen LogP contribution is -2.34. The minimum atomic E-state index is -3.52. The fourth-order valence-corrected chi connectivity index (χ4v) is 6.12. The Morgan fingerprint density at radius 3 is 2.84 bits per heavy atom. The van der Waals surface area contributed by atoms with Gasteiger partial charge in [-0.1, -0.05) is 12.1 Å². The number of benzene rings is 1. The highest BCUT2D eigenvalue weighted by molar-refractivity contribution is 8.06. The third kappa shape index (κ3) is 3.81. The van der Waals surface area contributed by atoms with Crippen molar-refractivity contribution in [3.05, 3.63) is 23.8 Å². The van der Waals surface area contributed by atoms with Gasteiger partial charge in [0, 0.05) is 29.1 Å². The summed E-state index contributed by atoms with van der Waals surface area (Å²) >= 11 is 3.70. The van der Waals surface area contributed by atoms with Crippen molar-refractivity contribution in [3.8, 4) is 0 Å². The Balaban J connectivity index is 2.09. The van der Waals surface area contributed by atoms with Crippen molar-refractivity contribution in [1.29, 1.82) is 0 Å². The first-order valence-corrected chi connectivity index (χ1v) is 9.73. The van der Waals surface area contributed by atoms with E-state index in [1.165, 1.54) is 0 Å². The molecule has 0 aromatic heterocycles. The molecule has 7 heteroatoms. The van der Waals surface area contributed by atoms with Crippen molar-refractivity contribution in [2.45, 2.75) is 17.1 Å². The van der Waals surface area contributed by atoms with Crippen LogP contribution >= 0.6 is 23.5 Å². The van der Waals surface area contributed by atoms with Gasteiger partial charge in [-0.2, -0.15) is 23.5 Å². The number of nitrogen functional groups attached to an aromatic ring is 1. The molecule has 0 spiro atoms. The smallest absolute Gasteiger partial charge is 0.242 e. The van der Waals surface area contributed by atoms with Crippen molar-refractivity contribution in [1.82, 2.24) is 4.72 Å². The van der Waals surface area contributed by atoms with E-state index in [4.69, 9.17) is 5.73 Å². The van der Waals surface area contributed by atoms with Crippen molar-refractivity contribution in [2.75, 3.05) is 29.5 Å². The predicted molar refractivity (Wildman–Crippen MR) is 84.4 cm³/mol. The summed E-state index contributed by atoms with van der Waals surface area (Å²) in [7, 11) is -3.52. The Hall–Kier alpha value is -0.370. The van der Waals surface area contributed by atoms with Gasteiger partial charge in [0.25, 0.3) is 0 Å². The maximum Gasteiger partial charge on any atom is 0.242 e. The summed E-state index contributed by atoms with van der Waals surface area (Å²) in [5.74, 6) is 3.23. The Bertz CT molecular complexity index is 520. The van der Waals surface area contributed by atoms with Crippen LogP contribution in [0.1, 0.15) is 5.56 Å². The van der Waals surface area contributed by atoms with Crippen LogP contribution in [0.3, 0.4) is 0 Å². The average Bonchev–Trinajstić information content (AvgIpc) is 2.37. The fourth-order valence-electron chi connectivity index (χ4n) is 1.97. The second-order valence-electron chi connectivity index (χ2n) is 4.41. The van der Waals surface area contributed by atoms with E-state index in [2.05, 4.69) is 4.72 Å². The first-order chi connectivity index (χ1) is 9.00. The molecule has 0 bridgehead atoms. The van der Waals surface area contributed by atoms with Crippen LogP contribution in [0.15, 0.2) is 23.1 Å². The fraction of sp³-hybridized carbons (Fsp3) is 0.500. The summed E-state index contributed by atoms with van der Waals surface area (Å²) in [4.78, 5) is 0.212. The highest BCUT2D eigenvalue weighted by atomic mass is 32.2. The third-order valence-corrected chi connectivity index (χ3v) is 7.38. The van der Waals surface area contributed by atoms with Gasteiger partial charge in [-0.05, 0) is 18.6 Å². The molecule has 0 saturated carbocycles. The van der Waals surface area contributed by atoms with Gasteiger partial charge in [-0.15, -0.1) is 0 Å². The number of hydrogen-bond donors (Lipinski definition) is 2.